The van der Waals surface area contributed by atoms with Crippen LogP contribution in [0.15, 0.2) is 48.5 Å². The van der Waals surface area contributed by atoms with Gasteiger partial charge >= 0.3 is 0 Å². The van der Waals surface area contributed by atoms with Gasteiger partial charge in [-0.05, 0) is 61.1 Å². The van der Waals surface area contributed by atoms with Crippen molar-refractivity contribution in [1.29, 1.82) is 0 Å². The van der Waals surface area contributed by atoms with Gasteiger partial charge in [-0.2, -0.15) is 0 Å². The molecule has 0 saturated carbocycles. The van der Waals surface area contributed by atoms with Crippen LogP contribution in [0.2, 0.25) is 0 Å². The minimum Gasteiger partial charge on any atom is -0.497 e. The van der Waals surface area contributed by atoms with Crippen molar-refractivity contribution in [3.05, 3.63) is 59.7 Å². The molecule has 2 aliphatic heterocycles. The topological polar surface area (TPSA) is 27.7 Å². The molecule has 0 unspecified atom stereocenters. The molecule has 2 bridgehead atoms. The van der Waals surface area contributed by atoms with E-state index in [2.05, 4.69) is 24.3 Å². The first-order chi connectivity index (χ1) is 11.2. The lowest BCUT2D eigenvalue weighted by molar-refractivity contribution is -0.0551. The highest BCUT2D eigenvalue weighted by atomic mass is 16.5. The Morgan fingerprint density at radius 2 is 1.00 bits per heavy atom. The van der Waals surface area contributed by atoms with Gasteiger partial charge in [-0.25, -0.2) is 0 Å². The van der Waals surface area contributed by atoms with Crippen LogP contribution in [0.5, 0.6) is 11.5 Å². The molecular weight excluding hydrogens is 288 g/mol. The van der Waals surface area contributed by atoms with Crippen LogP contribution < -0.4 is 9.47 Å². The summed E-state index contributed by atoms with van der Waals surface area (Å²) in [5, 5.41) is 0. The van der Waals surface area contributed by atoms with Gasteiger partial charge in [0, 0.05) is 0 Å². The van der Waals surface area contributed by atoms with Gasteiger partial charge in [-0.15, -0.1) is 0 Å². The maximum Gasteiger partial charge on any atom is 0.118 e. The summed E-state index contributed by atoms with van der Waals surface area (Å²) in [7, 11) is 3.40. The smallest absolute Gasteiger partial charge is 0.118 e. The monoisotopic (exact) mass is 310 g/mol. The molecule has 0 spiro atoms. The average Bonchev–Trinajstić information content (AvgIpc) is 3.21. The van der Waals surface area contributed by atoms with Gasteiger partial charge in [0.25, 0.3) is 0 Å². The summed E-state index contributed by atoms with van der Waals surface area (Å²) in [5.41, 5.74) is 2.27. The zero-order valence-electron chi connectivity index (χ0n) is 13.7. The molecule has 23 heavy (non-hydrogen) atoms. The van der Waals surface area contributed by atoms with Gasteiger partial charge in [0.15, 0.2) is 0 Å². The van der Waals surface area contributed by atoms with E-state index in [4.69, 9.17) is 14.2 Å². The third-order valence-corrected chi connectivity index (χ3v) is 5.49. The molecule has 2 saturated heterocycles. The minimum absolute atomic E-state index is 0.133. The fraction of sp³-hybridized carbons (Fsp3) is 0.400. The number of methoxy groups -OCH3 is 2. The molecule has 0 amide bonds. The van der Waals surface area contributed by atoms with Crippen molar-refractivity contribution in [3.8, 4) is 11.5 Å². The van der Waals surface area contributed by atoms with Crippen LogP contribution in [0.4, 0.5) is 0 Å². The van der Waals surface area contributed by atoms with Crippen molar-refractivity contribution >= 4 is 0 Å². The van der Waals surface area contributed by atoms with Crippen molar-refractivity contribution < 1.29 is 14.2 Å². The molecule has 2 aliphatic rings. The highest BCUT2D eigenvalue weighted by Gasteiger charge is 2.56. The number of hydrogen-bond donors (Lipinski definition) is 0. The van der Waals surface area contributed by atoms with E-state index >= 15 is 0 Å². The van der Waals surface area contributed by atoms with E-state index < -0.39 is 0 Å². The van der Waals surface area contributed by atoms with Crippen molar-refractivity contribution in [3.63, 3.8) is 0 Å². The van der Waals surface area contributed by atoms with E-state index in [1.54, 1.807) is 14.2 Å². The fourth-order valence-electron chi connectivity index (χ4n) is 4.12. The molecule has 2 heterocycles. The van der Waals surface area contributed by atoms with E-state index in [0.717, 1.165) is 37.2 Å². The Labute approximate surface area is 137 Å². The van der Waals surface area contributed by atoms with Crippen LogP contribution >= 0.6 is 0 Å². The maximum atomic E-state index is 6.69. The molecule has 2 aromatic rings. The predicted molar refractivity (Wildman–Crippen MR) is 88.9 cm³/mol. The second kappa shape index (κ2) is 5.27. The molecule has 0 radical (unpaired) electrons. The molecule has 0 aliphatic carbocycles. The predicted octanol–water partition coefficient (Wildman–Crippen LogP) is 4.40. The quantitative estimate of drug-likeness (QED) is 0.838. The van der Waals surface area contributed by atoms with Crippen molar-refractivity contribution in [1.82, 2.24) is 0 Å². The SMILES string of the molecule is COc1ccc(C23CCC(c4ccc(OC)cc4)(CC2)O3)cc1. The Kier molecular flexibility index (Phi) is 3.34. The van der Waals surface area contributed by atoms with E-state index in [0.29, 0.717) is 0 Å². The minimum atomic E-state index is -0.133. The second-order valence-corrected chi connectivity index (χ2v) is 6.55. The second-order valence-electron chi connectivity index (χ2n) is 6.55. The first-order valence-corrected chi connectivity index (χ1v) is 8.19. The zero-order chi connectivity index (χ0) is 15.9. The summed E-state index contributed by atoms with van der Waals surface area (Å²) in [4.78, 5) is 0. The summed E-state index contributed by atoms with van der Waals surface area (Å²) in [6.45, 7) is 0. The molecule has 4 rings (SSSR count). The summed E-state index contributed by atoms with van der Waals surface area (Å²) in [5.74, 6) is 1.78. The highest BCUT2D eigenvalue weighted by Crippen LogP contribution is 2.60. The Balaban J connectivity index is 1.63. The largest absolute Gasteiger partial charge is 0.497 e. The lowest BCUT2D eigenvalue weighted by Gasteiger charge is -2.26. The molecule has 3 heteroatoms. The molecule has 120 valence electrons. The normalized spacial score (nSPS) is 28.8. The van der Waals surface area contributed by atoms with E-state index in [9.17, 15) is 0 Å². The first kappa shape index (κ1) is 14.6. The van der Waals surface area contributed by atoms with E-state index in [1.807, 2.05) is 24.3 Å². The number of ether oxygens (including phenoxy) is 3. The summed E-state index contributed by atoms with van der Waals surface area (Å²) < 4.78 is 17.2. The van der Waals surface area contributed by atoms with Crippen LogP contribution in [0.1, 0.15) is 36.8 Å². The molecule has 3 nitrogen and oxygen atoms in total. The van der Waals surface area contributed by atoms with Crippen molar-refractivity contribution in [2.75, 3.05) is 14.2 Å². The number of hydrogen-bond acceptors (Lipinski definition) is 3. The molecular formula is C20H22O3. The zero-order valence-corrected chi connectivity index (χ0v) is 13.7. The summed E-state index contributed by atoms with van der Waals surface area (Å²) in [6, 6.07) is 16.7. The standard InChI is InChI=1S/C20H22O3/c1-21-17-7-3-15(4-8-17)19-11-13-20(23-19,14-12-19)16-5-9-18(22-2)10-6-16/h3-10H,11-14H2,1-2H3. The van der Waals surface area contributed by atoms with Gasteiger partial charge in [0.1, 0.15) is 11.5 Å². The van der Waals surface area contributed by atoms with Crippen LogP contribution in [0.3, 0.4) is 0 Å². The van der Waals surface area contributed by atoms with Crippen molar-refractivity contribution in [2.24, 2.45) is 0 Å². The Morgan fingerprint density at radius 3 is 1.30 bits per heavy atom. The molecule has 0 N–H and O–H groups in total. The van der Waals surface area contributed by atoms with Crippen molar-refractivity contribution in [2.45, 2.75) is 36.9 Å². The van der Waals surface area contributed by atoms with E-state index in [-0.39, 0.29) is 11.2 Å². The van der Waals surface area contributed by atoms with Crippen LogP contribution in [0, 0.1) is 0 Å². The van der Waals surface area contributed by atoms with Gasteiger partial charge in [-0.1, -0.05) is 24.3 Å². The maximum absolute atomic E-state index is 6.69. The van der Waals surface area contributed by atoms with Crippen LogP contribution in [0.25, 0.3) is 0 Å². The molecule has 0 atom stereocenters. The van der Waals surface area contributed by atoms with Crippen LogP contribution in [-0.4, -0.2) is 14.2 Å². The lowest BCUT2D eigenvalue weighted by atomic mass is 9.76. The van der Waals surface area contributed by atoms with Gasteiger partial charge < -0.3 is 14.2 Å². The highest BCUT2D eigenvalue weighted by molar-refractivity contribution is 5.37. The Hall–Kier alpha value is -2.00. The molecule has 2 fully saturated rings. The van der Waals surface area contributed by atoms with Gasteiger partial charge in [0.05, 0.1) is 25.4 Å². The number of rotatable bonds is 4. The Bertz CT molecular complexity index is 618. The lowest BCUT2D eigenvalue weighted by Crippen LogP contribution is -2.22. The van der Waals surface area contributed by atoms with Gasteiger partial charge in [0.2, 0.25) is 0 Å². The molecule has 2 aromatic carbocycles. The number of benzene rings is 2. The molecule has 0 aromatic heterocycles. The van der Waals surface area contributed by atoms with Gasteiger partial charge in [-0.3, -0.25) is 0 Å². The van der Waals surface area contributed by atoms with E-state index in [1.165, 1.54) is 11.1 Å². The third-order valence-electron chi connectivity index (χ3n) is 5.49. The fourth-order valence-corrected chi connectivity index (χ4v) is 4.12. The Morgan fingerprint density at radius 1 is 0.652 bits per heavy atom. The summed E-state index contributed by atoms with van der Waals surface area (Å²) in [6.07, 6.45) is 4.30. The third kappa shape index (κ3) is 2.22. The number of fused-ring (bicyclic) bond motifs is 2. The average molecular weight is 310 g/mol. The first-order valence-electron chi connectivity index (χ1n) is 8.19. The summed E-state index contributed by atoms with van der Waals surface area (Å²) >= 11 is 0. The van der Waals surface area contributed by atoms with Crippen LogP contribution in [-0.2, 0) is 15.9 Å².